The van der Waals surface area contributed by atoms with Crippen LogP contribution in [0.15, 0.2) is 77.6 Å². The molecule has 3 aromatic carbocycles. The maximum atomic E-state index is 13.4. The Balaban J connectivity index is 1.90. The first-order valence-electron chi connectivity index (χ1n) is 9.88. The van der Waals surface area contributed by atoms with Gasteiger partial charge in [-0.25, -0.2) is 5.10 Å². The molecule has 0 aliphatic rings. The molecule has 160 valence electrons. The van der Waals surface area contributed by atoms with E-state index in [2.05, 4.69) is 15.5 Å². The number of hydrogen-bond donors (Lipinski definition) is 2. The van der Waals surface area contributed by atoms with Gasteiger partial charge in [0.25, 0.3) is 11.5 Å². The molecule has 6 nitrogen and oxygen atoms in total. The van der Waals surface area contributed by atoms with Crippen molar-refractivity contribution in [1.82, 2.24) is 10.2 Å². The molecule has 1 aromatic heterocycles. The molecule has 0 bridgehead atoms. The van der Waals surface area contributed by atoms with Gasteiger partial charge in [-0.15, -0.1) is 0 Å². The summed E-state index contributed by atoms with van der Waals surface area (Å²) in [5.41, 5.74) is 2.97. The van der Waals surface area contributed by atoms with Crippen LogP contribution in [0.5, 0.6) is 5.75 Å². The third-order valence-electron chi connectivity index (χ3n) is 5.05. The summed E-state index contributed by atoms with van der Waals surface area (Å²) in [7, 11) is 1.48. The van der Waals surface area contributed by atoms with Gasteiger partial charge >= 0.3 is 0 Å². The molecular weight excluding hydrogens is 426 g/mol. The van der Waals surface area contributed by atoms with Crippen LogP contribution in [0.3, 0.4) is 0 Å². The molecule has 1 amide bonds. The molecule has 0 radical (unpaired) electrons. The van der Waals surface area contributed by atoms with E-state index >= 15 is 0 Å². The zero-order valence-electron chi connectivity index (χ0n) is 17.5. The lowest BCUT2D eigenvalue weighted by atomic mass is 9.95. The molecule has 0 fully saturated rings. The maximum Gasteiger partial charge on any atom is 0.277 e. The topological polar surface area (TPSA) is 84.1 Å². The van der Waals surface area contributed by atoms with Crippen LogP contribution in [0.25, 0.3) is 22.4 Å². The second-order valence-electron chi connectivity index (χ2n) is 7.14. The first kappa shape index (κ1) is 21.3. The number of carbonyl (C=O) groups is 1. The Kier molecular flexibility index (Phi) is 6.05. The van der Waals surface area contributed by atoms with Crippen molar-refractivity contribution in [1.29, 1.82) is 0 Å². The summed E-state index contributed by atoms with van der Waals surface area (Å²) in [6.07, 6.45) is 0. The Bertz CT molecular complexity index is 1340. The van der Waals surface area contributed by atoms with E-state index < -0.39 is 11.5 Å². The number of benzene rings is 3. The van der Waals surface area contributed by atoms with Crippen molar-refractivity contribution in [2.24, 2.45) is 0 Å². The minimum atomic E-state index is -0.592. The van der Waals surface area contributed by atoms with Gasteiger partial charge in [0.15, 0.2) is 0 Å². The van der Waals surface area contributed by atoms with Crippen molar-refractivity contribution < 1.29 is 9.53 Å². The monoisotopic (exact) mass is 445 g/mol. The van der Waals surface area contributed by atoms with Crippen LogP contribution in [0, 0.1) is 6.92 Å². The molecule has 0 saturated carbocycles. The smallest absolute Gasteiger partial charge is 0.277 e. The molecule has 0 spiro atoms. The Morgan fingerprint density at radius 2 is 1.62 bits per heavy atom. The number of hydrogen-bond acceptors (Lipinski definition) is 4. The minimum absolute atomic E-state index is 0.0419. The standard InChI is InChI=1S/C25H20ClN3O3/c1-15-13-19(20(32-2)14-18(15)26)27-24(30)22-21(16-9-5-3-6-10-16)23(28-29-25(22)31)17-11-7-4-8-12-17/h3-14H,1-2H3,(H,27,30)(H,29,31). The van der Waals surface area contributed by atoms with E-state index in [4.69, 9.17) is 16.3 Å². The van der Waals surface area contributed by atoms with E-state index in [1.807, 2.05) is 67.6 Å². The van der Waals surface area contributed by atoms with Crippen molar-refractivity contribution >= 4 is 23.2 Å². The average Bonchev–Trinajstić information content (AvgIpc) is 2.82. The van der Waals surface area contributed by atoms with Gasteiger partial charge in [0.2, 0.25) is 0 Å². The Morgan fingerprint density at radius 1 is 1.00 bits per heavy atom. The number of methoxy groups -OCH3 is 1. The number of nitrogens with zero attached hydrogens (tertiary/aromatic N) is 1. The predicted molar refractivity (Wildman–Crippen MR) is 126 cm³/mol. The molecule has 7 heteroatoms. The molecule has 0 atom stereocenters. The molecule has 4 aromatic rings. The van der Waals surface area contributed by atoms with Crippen molar-refractivity contribution in [3.05, 3.63) is 99.3 Å². The molecule has 0 aliphatic heterocycles. The highest BCUT2D eigenvalue weighted by molar-refractivity contribution is 6.31. The largest absolute Gasteiger partial charge is 0.495 e. The molecular formula is C25H20ClN3O3. The fourth-order valence-electron chi connectivity index (χ4n) is 3.47. The van der Waals surface area contributed by atoms with Gasteiger partial charge in [0.1, 0.15) is 11.3 Å². The summed E-state index contributed by atoms with van der Waals surface area (Å²) in [5.74, 6) is -0.186. The Hall–Kier alpha value is -3.90. The van der Waals surface area contributed by atoms with E-state index in [-0.39, 0.29) is 5.56 Å². The van der Waals surface area contributed by atoms with Crippen molar-refractivity contribution in [2.75, 3.05) is 12.4 Å². The zero-order chi connectivity index (χ0) is 22.7. The quantitative estimate of drug-likeness (QED) is 0.435. The van der Waals surface area contributed by atoms with E-state index in [0.717, 1.165) is 11.1 Å². The lowest BCUT2D eigenvalue weighted by Crippen LogP contribution is -2.26. The highest BCUT2D eigenvalue weighted by atomic mass is 35.5. The second-order valence-corrected chi connectivity index (χ2v) is 7.55. The van der Waals surface area contributed by atoms with Crippen molar-refractivity contribution in [3.8, 4) is 28.1 Å². The summed E-state index contributed by atoms with van der Waals surface area (Å²) in [6, 6.07) is 22.0. The zero-order valence-corrected chi connectivity index (χ0v) is 18.2. The molecule has 32 heavy (non-hydrogen) atoms. The van der Waals surface area contributed by atoms with Gasteiger partial charge in [-0.05, 0) is 24.1 Å². The highest BCUT2D eigenvalue weighted by Gasteiger charge is 2.24. The van der Waals surface area contributed by atoms with Crippen LogP contribution in [0.1, 0.15) is 15.9 Å². The van der Waals surface area contributed by atoms with Crippen molar-refractivity contribution in [2.45, 2.75) is 6.92 Å². The van der Waals surface area contributed by atoms with Crippen LogP contribution >= 0.6 is 11.6 Å². The summed E-state index contributed by atoms with van der Waals surface area (Å²) in [6.45, 7) is 1.82. The van der Waals surface area contributed by atoms with Gasteiger partial charge in [0, 0.05) is 22.2 Å². The lowest BCUT2D eigenvalue weighted by Gasteiger charge is -2.15. The van der Waals surface area contributed by atoms with Crippen LogP contribution in [-0.2, 0) is 0 Å². The number of ether oxygens (including phenoxy) is 1. The van der Waals surface area contributed by atoms with Gasteiger partial charge in [-0.1, -0.05) is 72.3 Å². The van der Waals surface area contributed by atoms with Gasteiger partial charge < -0.3 is 10.1 Å². The number of rotatable bonds is 5. The van der Waals surface area contributed by atoms with E-state index in [1.165, 1.54) is 7.11 Å². The van der Waals surface area contributed by atoms with Gasteiger partial charge in [0.05, 0.1) is 18.5 Å². The number of amides is 1. The van der Waals surface area contributed by atoms with Crippen LogP contribution in [-0.4, -0.2) is 23.2 Å². The normalized spacial score (nSPS) is 10.6. The second kappa shape index (κ2) is 9.08. The summed E-state index contributed by atoms with van der Waals surface area (Å²) < 4.78 is 5.36. The van der Waals surface area contributed by atoms with E-state index in [1.54, 1.807) is 12.1 Å². The number of aryl methyl sites for hydroxylation is 1. The number of H-pyrrole nitrogens is 1. The molecule has 0 saturated heterocycles. The third-order valence-corrected chi connectivity index (χ3v) is 5.46. The van der Waals surface area contributed by atoms with Crippen molar-refractivity contribution in [3.63, 3.8) is 0 Å². The Morgan fingerprint density at radius 3 is 2.25 bits per heavy atom. The van der Waals surface area contributed by atoms with E-state index in [0.29, 0.717) is 33.3 Å². The molecule has 4 rings (SSSR count). The fraction of sp³-hybridized carbons (Fsp3) is 0.0800. The molecule has 0 unspecified atom stereocenters. The number of aromatic amines is 1. The van der Waals surface area contributed by atoms with Gasteiger partial charge in [-0.3, -0.25) is 9.59 Å². The summed E-state index contributed by atoms with van der Waals surface area (Å²) >= 11 is 6.18. The van der Waals surface area contributed by atoms with Crippen LogP contribution in [0.2, 0.25) is 5.02 Å². The number of anilines is 1. The summed E-state index contributed by atoms with van der Waals surface area (Å²) in [4.78, 5) is 26.3. The molecule has 1 heterocycles. The lowest BCUT2D eigenvalue weighted by molar-refractivity contribution is 0.102. The average molecular weight is 446 g/mol. The predicted octanol–water partition coefficient (Wildman–Crippen LogP) is 5.33. The number of aromatic nitrogens is 2. The minimum Gasteiger partial charge on any atom is -0.495 e. The fourth-order valence-corrected chi connectivity index (χ4v) is 3.63. The van der Waals surface area contributed by atoms with E-state index in [9.17, 15) is 9.59 Å². The molecule has 0 aliphatic carbocycles. The highest BCUT2D eigenvalue weighted by Crippen LogP contribution is 2.34. The van der Waals surface area contributed by atoms with Gasteiger partial charge in [-0.2, -0.15) is 5.10 Å². The number of carbonyl (C=O) groups excluding carboxylic acids is 1. The first-order chi connectivity index (χ1) is 15.5. The maximum absolute atomic E-state index is 13.4. The van der Waals surface area contributed by atoms with Crippen LogP contribution < -0.4 is 15.6 Å². The van der Waals surface area contributed by atoms with Crippen LogP contribution in [0.4, 0.5) is 5.69 Å². The molecule has 2 N–H and O–H groups in total. The Labute approximate surface area is 189 Å². The first-order valence-corrected chi connectivity index (χ1v) is 10.3. The number of nitrogens with one attached hydrogen (secondary N) is 2. The SMILES string of the molecule is COc1cc(Cl)c(C)cc1NC(=O)c1c(-c2ccccc2)c(-c2ccccc2)n[nH]c1=O. The summed E-state index contributed by atoms with van der Waals surface area (Å²) in [5, 5.41) is 10.1. The third kappa shape index (κ3) is 4.13. The number of halogens is 1.